The molecule has 1 aliphatic rings. The van der Waals surface area contributed by atoms with Crippen LogP contribution in [0.5, 0.6) is 5.75 Å². The molecule has 0 spiro atoms. The van der Waals surface area contributed by atoms with Gasteiger partial charge in [0.2, 0.25) is 0 Å². The third-order valence-electron chi connectivity index (χ3n) is 4.08. The molecule has 1 aromatic carbocycles. The lowest BCUT2D eigenvalue weighted by molar-refractivity contribution is 0.0947. The predicted molar refractivity (Wildman–Crippen MR) is 84.5 cm³/mol. The highest BCUT2D eigenvalue weighted by Crippen LogP contribution is 2.29. The fraction of sp³-hybridized carbons (Fsp3) is 0.625. The average Bonchev–Trinajstić information content (AvgIpc) is 2.40. The van der Waals surface area contributed by atoms with Crippen molar-refractivity contribution in [2.75, 3.05) is 20.2 Å². The minimum Gasteiger partial charge on any atom is -0.496 e. The minimum atomic E-state index is 0.512. The smallest absolute Gasteiger partial charge is 0.124 e. The van der Waals surface area contributed by atoms with Gasteiger partial charge in [-0.25, -0.2) is 0 Å². The second-order valence-electron chi connectivity index (χ2n) is 5.97. The zero-order chi connectivity index (χ0) is 14.7. The molecule has 1 aliphatic heterocycles. The van der Waals surface area contributed by atoms with E-state index in [-0.39, 0.29) is 0 Å². The number of methoxy groups -OCH3 is 1. The Morgan fingerprint density at radius 2 is 2.20 bits per heavy atom. The van der Waals surface area contributed by atoms with Crippen LogP contribution in [0.1, 0.15) is 26.3 Å². The quantitative estimate of drug-likeness (QED) is 0.924. The fourth-order valence-corrected chi connectivity index (χ4v) is 3.15. The number of ether oxygens (including phenoxy) is 1. The highest BCUT2D eigenvalue weighted by Gasteiger charge is 2.29. The molecule has 1 aromatic rings. The molecular formula is C16H25ClN2O. The molecule has 1 N–H and O–H groups in total. The normalized spacial score (nSPS) is 24.1. The number of piperazine rings is 1. The standard InChI is InChI=1S/C16H25ClN2O/c1-11(2)15-8-18-12(3)9-19(15)10-13-14(17)6-5-7-16(13)20-4/h5-7,11-12,15,18H,8-10H2,1-4H3. The Balaban J connectivity index is 2.22. The number of halogens is 1. The first-order valence-electron chi connectivity index (χ1n) is 7.31. The van der Waals surface area contributed by atoms with Crippen molar-refractivity contribution in [3.05, 3.63) is 28.8 Å². The van der Waals surface area contributed by atoms with E-state index >= 15 is 0 Å². The summed E-state index contributed by atoms with van der Waals surface area (Å²) in [6.07, 6.45) is 0. The minimum absolute atomic E-state index is 0.512. The predicted octanol–water partition coefficient (Wildman–Crippen LogP) is 3.17. The summed E-state index contributed by atoms with van der Waals surface area (Å²) in [7, 11) is 1.70. The second-order valence-corrected chi connectivity index (χ2v) is 6.38. The molecule has 0 aliphatic carbocycles. The summed E-state index contributed by atoms with van der Waals surface area (Å²) < 4.78 is 5.46. The molecule has 2 rings (SSSR count). The van der Waals surface area contributed by atoms with Crippen molar-refractivity contribution in [2.24, 2.45) is 5.92 Å². The highest BCUT2D eigenvalue weighted by atomic mass is 35.5. The van der Waals surface area contributed by atoms with Gasteiger partial charge in [0.1, 0.15) is 5.75 Å². The number of rotatable bonds is 4. The molecule has 1 saturated heterocycles. The zero-order valence-electron chi connectivity index (χ0n) is 12.8. The van der Waals surface area contributed by atoms with E-state index in [4.69, 9.17) is 16.3 Å². The van der Waals surface area contributed by atoms with E-state index in [1.807, 2.05) is 18.2 Å². The number of nitrogens with zero attached hydrogens (tertiary/aromatic N) is 1. The van der Waals surface area contributed by atoms with Crippen LogP contribution >= 0.6 is 11.6 Å². The molecule has 1 heterocycles. The third-order valence-corrected chi connectivity index (χ3v) is 4.43. The average molecular weight is 297 g/mol. The van der Waals surface area contributed by atoms with Crippen LogP contribution in [0.2, 0.25) is 5.02 Å². The Morgan fingerprint density at radius 1 is 1.45 bits per heavy atom. The van der Waals surface area contributed by atoms with E-state index in [1.165, 1.54) is 0 Å². The highest BCUT2D eigenvalue weighted by molar-refractivity contribution is 6.31. The Hall–Kier alpha value is -0.770. The maximum absolute atomic E-state index is 6.37. The van der Waals surface area contributed by atoms with Gasteiger partial charge in [0, 0.05) is 42.3 Å². The lowest BCUT2D eigenvalue weighted by atomic mass is 9.98. The van der Waals surface area contributed by atoms with Crippen LogP contribution in [0.4, 0.5) is 0 Å². The van der Waals surface area contributed by atoms with Gasteiger partial charge in [-0.3, -0.25) is 4.90 Å². The topological polar surface area (TPSA) is 24.5 Å². The third kappa shape index (κ3) is 3.46. The van der Waals surface area contributed by atoms with Crippen molar-refractivity contribution < 1.29 is 4.74 Å². The Morgan fingerprint density at radius 3 is 2.85 bits per heavy atom. The van der Waals surface area contributed by atoms with Gasteiger partial charge in [-0.05, 0) is 25.0 Å². The zero-order valence-corrected chi connectivity index (χ0v) is 13.6. The van der Waals surface area contributed by atoms with Crippen LogP contribution in [-0.4, -0.2) is 37.2 Å². The Labute approximate surface area is 127 Å². The van der Waals surface area contributed by atoms with E-state index in [9.17, 15) is 0 Å². The van der Waals surface area contributed by atoms with E-state index in [1.54, 1.807) is 7.11 Å². The summed E-state index contributed by atoms with van der Waals surface area (Å²) in [4.78, 5) is 2.52. The van der Waals surface area contributed by atoms with E-state index in [2.05, 4.69) is 31.0 Å². The van der Waals surface area contributed by atoms with Crippen molar-refractivity contribution in [3.8, 4) is 5.75 Å². The van der Waals surface area contributed by atoms with Gasteiger partial charge in [0.05, 0.1) is 7.11 Å². The van der Waals surface area contributed by atoms with Crippen LogP contribution in [0.25, 0.3) is 0 Å². The van der Waals surface area contributed by atoms with Crippen LogP contribution in [0, 0.1) is 5.92 Å². The van der Waals surface area contributed by atoms with Crippen LogP contribution < -0.4 is 10.1 Å². The Bertz CT molecular complexity index is 450. The lowest BCUT2D eigenvalue weighted by Gasteiger charge is -2.41. The first-order chi connectivity index (χ1) is 9.52. The van der Waals surface area contributed by atoms with Gasteiger partial charge in [-0.2, -0.15) is 0 Å². The first kappa shape index (κ1) is 15.6. The molecule has 0 amide bonds. The van der Waals surface area contributed by atoms with Gasteiger partial charge in [0.15, 0.2) is 0 Å². The largest absolute Gasteiger partial charge is 0.496 e. The molecular weight excluding hydrogens is 272 g/mol. The van der Waals surface area contributed by atoms with Crippen molar-refractivity contribution >= 4 is 11.6 Å². The van der Waals surface area contributed by atoms with Crippen molar-refractivity contribution in [1.29, 1.82) is 0 Å². The lowest BCUT2D eigenvalue weighted by Crippen LogP contribution is -2.56. The molecule has 3 nitrogen and oxygen atoms in total. The molecule has 2 unspecified atom stereocenters. The molecule has 0 radical (unpaired) electrons. The molecule has 1 fully saturated rings. The van der Waals surface area contributed by atoms with Crippen LogP contribution in [0.3, 0.4) is 0 Å². The number of hydrogen-bond donors (Lipinski definition) is 1. The van der Waals surface area contributed by atoms with Gasteiger partial charge >= 0.3 is 0 Å². The van der Waals surface area contributed by atoms with Crippen LogP contribution in [-0.2, 0) is 6.54 Å². The summed E-state index contributed by atoms with van der Waals surface area (Å²) in [5, 5.41) is 4.36. The maximum Gasteiger partial charge on any atom is 0.124 e. The van der Waals surface area contributed by atoms with E-state index in [0.29, 0.717) is 18.0 Å². The maximum atomic E-state index is 6.37. The van der Waals surface area contributed by atoms with E-state index < -0.39 is 0 Å². The number of hydrogen-bond acceptors (Lipinski definition) is 3. The Kier molecular flexibility index (Phi) is 5.30. The molecule has 0 saturated carbocycles. The first-order valence-corrected chi connectivity index (χ1v) is 7.69. The van der Waals surface area contributed by atoms with Crippen LogP contribution in [0.15, 0.2) is 18.2 Å². The second kappa shape index (κ2) is 6.79. The summed E-state index contributed by atoms with van der Waals surface area (Å²) in [5.41, 5.74) is 1.09. The van der Waals surface area contributed by atoms with Gasteiger partial charge in [-0.15, -0.1) is 0 Å². The summed E-state index contributed by atoms with van der Waals surface area (Å²) in [6, 6.07) is 6.91. The van der Waals surface area contributed by atoms with Gasteiger partial charge in [0.25, 0.3) is 0 Å². The number of benzene rings is 1. The summed E-state index contributed by atoms with van der Waals surface area (Å²) in [6.45, 7) is 9.70. The molecule has 2 atom stereocenters. The fourth-order valence-electron chi connectivity index (χ4n) is 2.93. The van der Waals surface area contributed by atoms with Gasteiger partial charge < -0.3 is 10.1 Å². The molecule has 20 heavy (non-hydrogen) atoms. The van der Waals surface area contributed by atoms with E-state index in [0.717, 1.165) is 36.0 Å². The van der Waals surface area contributed by atoms with Gasteiger partial charge in [-0.1, -0.05) is 31.5 Å². The molecule has 4 heteroatoms. The van der Waals surface area contributed by atoms with Crippen molar-refractivity contribution in [3.63, 3.8) is 0 Å². The SMILES string of the molecule is COc1cccc(Cl)c1CN1CC(C)NCC1C(C)C. The number of nitrogens with one attached hydrogen (secondary N) is 1. The summed E-state index contributed by atoms with van der Waals surface area (Å²) >= 11 is 6.37. The molecule has 0 aromatic heterocycles. The monoisotopic (exact) mass is 296 g/mol. The molecule has 0 bridgehead atoms. The molecule has 112 valence electrons. The van der Waals surface area contributed by atoms with Crippen molar-refractivity contribution in [2.45, 2.75) is 39.4 Å². The van der Waals surface area contributed by atoms with Crippen molar-refractivity contribution in [1.82, 2.24) is 10.2 Å². The summed E-state index contributed by atoms with van der Waals surface area (Å²) in [5.74, 6) is 1.50.